The fourth-order valence-corrected chi connectivity index (χ4v) is 2.74. The molecule has 0 aliphatic heterocycles. The first kappa shape index (κ1) is 13.8. The third-order valence-electron chi connectivity index (χ3n) is 3.67. The fourth-order valence-electron chi connectivity index (χ4n) is 2.74. The molecule has 0 bridgehead atoms. The van der Waals surface area contributed by atoms with E-state index in [1.54, 1.807) is 0 Å². The average Bonchev–Trinajstić information content (AvgIpc) is 2.91. The van der Waals surface area contributed by atoms with Crippen LogP contribution in [0.4, 0.5) is 0 Å². The summed E-state index contributed by atoms with van der Waals surface area (Å²) in [5.74, 6) is 0.978. The predicted molar refractivity (Wildman–Crippen MR) is 85.3 cm³/mol. The molecule has 3 aromatic rings. The first-order valence-corrected chi connectivity index (χ1v) is 7.46. The Balaban J connectivity index is 2.15. The summed E-state index contributed by atoms with van der Waals surface area (Å²) >= 11 is 0. The van der Waals surface area contributed by atoms with Crippen LogP contribution >= 0.6 is 0 Å². The van der Waals surface area contributed by atoms with Crippen molar-refractivity contribution in [3.63, 3.8) is 0 Å². The van der Waals surface area contributed by atoms with Gasteiger partial charge in [-0.05, 0) is 31.5 Å². The summed E-state index contributed by atoms with van der Waals surface area (Å²) in [4.78, 5) is 4.82. The Kier molecular flexibility index (Phi) is 4.02. The first-order valence-electron chi connectivity index (χ1n) is 7.46. The Morgan fingerprint density at radius 2 is 1.71 bits per heavy atom. The van der Waals surface area contributed by atoms with Crippen molar-refractivity contribution in [1.29, 1.82) is 0 Å². The minimum Gasteiger partial charge on any atom is -0.366 e. The predicted octanol–water partition coefficient (Wildman–Crippen LogP) is 4.18. The zero-order chi connectivity index (χ0) is 14.7. The van der Waals surface area contributed by atoms with E-state index in [9.17, 15) is 0 Å². The molecule has 0 N–H and O–H groups in total. The van der Waals surface area contributed by atoms with Crippen molar-refractivity contribution in [2.24, 2.45) is 0 Å². The molecule has 1 heterocycles. The van der Waals surface area contributed by atoms with Gasteiger partial charge in [-0.25, -0.2) is 4.98 Å². The van der Waals surface area contributed by atoms with Gasteiger partial charge in [0.15, 0.2) is 0 Å². The highest BCUT2D eigenvalue weighted by Crippen LogP contribution is 2.28. The molecule has 1 aromatic heterocycles. The molecule has 3 nitrogen and oxygen atoms in total. The summed E-state index contributed by atoms with van der Waals surface area (Å²) in [6, 6.07) is 18.5. The van der Waals surface area contributed by atoms with Crippen LogP contribution in [0.2, 0.25) is 0 Å². The third-order valence-corrected chi connectivity index (χ3v) is 3.67. The molecule has 0 saturated heterocycles. The van der Waals surface area contributed by atoms with Crippen LogP contribution in [0.1, 0.15) is 31.3 Å². The second-order valence-corrected chi connectivity index (χ2v) is 4.95. The van der Waals surface area contributed by atoms with E-state index >= 15 is 0 Å². The summed E-state index contributed by atoms with van der Waals surface area (Å²) < 4.78 is 8.24. The van der Waals surface area contributed by atoms with Gasteiger partial charge in [0.2, 0.25) is 0 Å². The molecule has 0 radical (unpaired) electrons. The first-order chi connectivity index (χ1) is 10.3. The van der Waals surface area contributed by atoms with E-state index in [0.29, 0.717) is 6.61 Å². The van der Waals surface area contributed by atoms with E-state index < -0.39 is 0 Å². The lowest BCUT2D eigenvalue weighted by Gasteiger charge is -2.18. The molecule has 3 heteroatoms. The van der Waals surface area contributed by atoms with Crippen LogP contribution in [0, 0.1) is 0 Å². The van der Waals surface area contributed by atoms with E-state index in [4.69, 9.17) is 9.72 Å². The number of ether oxygens (including phenoxy) is 1. The van der Waals surface area contributed by atoms with Crippen LogP contribution in [0.15, 0.2) is 54.6 Å². The van der Waals surface area contributed by atoms with Gasteiger partial charge in [-0.15, -0.1) is 0 Å². The number of fused-ring (bicyclic) bond motifs is 1. The van der Waals surface area contributed by atoms with E-state index in [1.165, 1.54) is 0 Å². The lowest BCUT2D eigenvalue weighted by atomic mass is 10.1. The number of benzene rings is 2. The highest BCUT2D eigenvalue weighted by atomic mass is 16.5. The van der Waals surface area contributed by atoms with Gasteiger partial charge >= 0.3 is 0 Å². The Morgan fingerprint density at radius 3 is 2.43 bits per heavy atom. The standard InChI is InChI=1S/C18H20N2O/c1-3-20-16-13-9-8-12-15(16)19-18(20)17(21-4-2)14-10-6-5-7-11-14/h5-13,17H,3-4H2,1-2H3. The minimum atomic E-state index is -0.122. The van der Waals surface area contributed by atoms with Crippen molar-refractivity contribution in [1.82, 2.24) is 9.55 Å². The topological polar surface area (TPSA) is 27.1 Å². The largest absolute Gasteiger partial charge is 0.366 e. The van der Waals surface area contributed by atoms with Crippen molar-refractivity contribution in [2.75, 3.05) is 6.61 Å². The number of rotatable bonds is 5. The molecule has 1 atom stereocenters. The maximum Gasteiger partial charge on any atom is 0.143 e. The molecule has 0 amide bonds. The van der Waals surface area contributed by atoms with Gasteiger partial charge in [0.05, 0.1) is 11.0 Å². The number of aromatic nitrogens is 2. The summed E-state index contributed by atoms with van der Waals surface area (Å²) in [7, 11) is 0. The normalized spacial score (nSPS) is 12.7. The fraction of sp³-hybridized carbons (Fsp3) is 0.278. The van der Waals surface area contributed by atoms with Gasteiger partial charge in [-0.3, -0.25) is 0 Å². The van der Waals surface area contributed by atoms with Crippen LogP contribution < -0.4 is 0 Å². The van der Waals surface area contributed by atoms with Gasteiger partial charge in [0.25, 0.3) is 0 Å². The number of hydrogen-bond acceptors (Lipinski definition) is 2. The zero-order valence-electron chi connectivity index (χ0n) is 12.5. The summed E-state index contributed by atoms with van der Waals surface area (Å²) in [6.45, 7) is 5.71. The van der Waals surface area contributed by atoms with E-state index in [1.807, 2.05) is 31.2 Å². The molecule has 21 heavy (non-hydrogen) atoms. The van der Waals surface area contributed by atoms with Gasteiger partial charge < -0.3 is 9.30 Å². The van der Waals surface area contributed by atoms with Crippen LogP contribution in [-0.4, -0.2) is 16.2 Å². The second kappa shape index (κ2) is 6.10. The summed E-state index contributed by atoms with van der Waals surface area (Å²) in [6.07, 6.45) is -0.122. The van der Waals surface area contributed by atoms with Crippen LogP contribution in [-0.2, 0) is 11.3 Å². The maximum atomic E-state index is 6.00. The molecule has 0 aliphatic rings. The number of nitrogens with zero attached hydrogens (tertiary/aromatic N) is 2. The summed E-state index contributed by atoms with van der Waals surface area (Å²) in [5.41, 5.74) is 3.33. The van der Waals surface area contributed by atoms with Crippen molar-refractivity contribution in [3.05, 3.63) is 66.0 Å². The van der Waals surface area contributed by atoms with Gasteiger partial charge in [0, 0.05) is 13.2 Å². The molecular weight excluding hydrogens is 260 g/mol. The van der Waals surface area contributed by atoms with Gasteiger partial charge in [0.1, 0.15) is 11.9 Å². The second-order valence-electron chi connectivity index (χ2n) is 4.95. The Bertz CT molecular complexity index is 718. The van der Waals surface area contributed by atoms with Crippen molar-refractivity contribution >= 4 is 11.0 Å². The molecule has 0 fully saturated rings. The highest BCUT2D eigenvalue weighted by molar-refractivity contribution is 5.76. The van der Waals surface area contributed by atoms with E-state index in [2.05, 4.69) is 41.8 Å². The smallest absolute Gasteiger partial charge is 0.143 e. The number of para-hydroxylation sites is 2. The molecule has 1 unspecified atom stereocenters. The molecule has 108 valence electrons. The Hall–Kier alpha value is -2.13. The summed E-state index contributed by atoms with van der Waals surface area (Å²) in [5, 5.41) is 0. The van der Waals surface area contributed by atoms with Crippen molar-refractivity contribution in [2.45, 2.75) is 26.5 Å². The van der Waals surface area contributed by atoms with Gasteiger partial charge in [-0.2, -0.15) is 0 Å². The lowest BCUT2D eigenvalue weighted by Crippen LogP contribution is -2.13. The molecular formula is C18H20N2O. The average molecular weight is 280 g/mol. The number of imidazole rings is 1. The monoisotopic (exact) mass is 280 g/mol. The quantitative estimate of drug-likeness (QED) is 0.701. The molecule has 0 saturated carbocycles. The Labute approximate surface area is 125 Å². The van der Waals surface area contributed by atoms with Crippen molar-refractivity contribution < 1.29 is 4.74 Å². The number of aryl methyl sites for hydroxylation is 1. The molecule has 3 rings (SSSR count). The van der Waals surface area contributed by atoms with E-state index in [0.717, 1.165) is 29.0 Å². The van der Waals surface area contributed by atoms with Crippen molar-refractivity contribution in [3.8, 4) is 0 Å². The van der Waals surface area contributed by atoms with Crippen LogP contribution in [0.5, 0.6) is 0 Å². The minimum absolute atomic E-state index is 0.122. The lowest BCUT2D eigenvalue weighted by molar-refractivity contribution is 0.0830. The zero-order valence-corrected chi connectivity index (χ0v) is 12.5. The molecule has 0 spiro atoms. The Morgan fingerprint density at radius 1 is 1.00 bits per heavy atom. The maximum absolute atomic E-state index is 6.00. The van der Waals surface area contributed by atoms with Crippen LogP contribution in [0.3, 0.4) is 0 Å². The molecule has 0 aliphatic carbocycles. The van der Waals surface area contributed by atoms with Crippen LogP contribution in [0.25, 0.3) is 11.0 Å². The molecule has 2 aromatic carbocycles. The van der Waals surface area contributed by atoms with E-state index in [-0.39, 0.29) is 6.10 Å². The highest BCUT2D eigenvalue weighted by Gasteiger charge is 2.21. The number of hydrogen-bond donors (Lipinski definition) is 0. The SMILES string of the molecule is CCOC(c1ccccc1)c1nc2ccccc2n1CC. The van der Waals surface area contributed by atoms with Gasteiger partial charge in [-0.1, -0.05) is 42.5 Å². The third kappa shape index (κ3) is 2.57.